The number of nitrogens with two attached hydrogens (primary N) is 2. The van der Waals surface area contributed by atoms with Gasteiger partial charge in [0.1, 0.15) is 6.04 Å². The van der Waals surface area contributed by atoms with E-state index < -0.39 is 22.0 Å². The van der Waals surface area contributed by atoms with Gasteiger partial charge in [-0.25, -0.2) is 13.9 Å². The van der Waals surface area contributed by atoms with Crippen molar-refractivity contribution in [2.45, 2.75) is 23.8 Å². The van der Waals surface area contributed by atoms with Crippen molar-refractivity contribution in [3.63, 3.8) is 0 Å². The van der Waals surface area contributed by atoms with Crippen LogP contribution in [0.5, 0.6) is 0 Å². The molecule has 0 aliphatic rings. The number of amides is 1. The summed E-state index contributed by atoms with van der Waals surface area (Å²) in [6.45, 7) is 0.204. The maximum Gasteiger partial charge on any atom is 0.261 e. The lowest BCUT2D eigenvalue weighted by molar-refractivity contribution is -0.131. The molecule has 0 saturated heterocycles. The topological polar surface area (TPSA) is 184 Å². The van der Waals surface area contributed by atoms with Crippen molar-refractivity contribution >= 4 is 21.9 Å². The average Bonchev–Trinajstić information content (AvgIpc) is 2.56. The van der Waals surface area contributed by atoms with Crippen molar-refractivity contribution in [2.75, 3.05) is 6.54 Å². The van der Waals surface area contributed by atoms with Gasteiger partial charge in [0.25, 0.3) is 5.91 Å². The fourth-order valence-corrected chi connectivity index (χ4v) is 3.02. The Balaban J connectivity index is 2.85. The highest BCUT2D eigenvalue weighted by Crippen LogP contribution is 2.12. The van der Waals surface area contributed by atoms with Gasteiger partial charge in [0.05, 0.1) is 16.5 Å². The molecule has 130 valence electrons. The molecule has 0 aliphatic carbocycles. The first-order valence-electron chi connectivity index (χ1n) is 6.82. The van der Waals surface area contributed by atoms with E-state index in [0.717, 1.165) is 0 Å². The lowest BCUT2D eigenvalue weighted by Gasteiger charge is -2.16. The van der Waals surface area contributed by atoms with Crippen LogP contribution in [0.1, 0.15) is 18.4 Å². The van der Waals surface area contributed by atoms with Crippen LogP contribution in [0.3, 0.4) is 0 Å². The van der Waals surface area contributed by atoms with Crippen LogP contribution in [0.15, 0.2) is 34.2 Å². The molecule has 24 heavy (non-hydrogen) atoms. The maximum atomic E-state index is 12.3. The molecule has 1 aromatic carbocycles. The predicted octanol–water partition coefficient (Wildman–Crippen LogP) is -1.24. The molecule has 0 radical (unpaired) electrons. The Kier molecular flexibility index (Phi) is 7.12. The highest BCUT2D eigenvalue weighted by Gasteiger charge is 2.25. The SMILES string of the molecule is N#Cc1ccc(S(=O)(=O)NC(CCCN=C(N)N)C(=O)NO)cc1. The Bertz CT molecular complexity index is 735. The molecular weight excluding hydrogens is 336 g/mol. The summed E-state index contributed by atoms with van der Waals surface area (Å²) >= 11 is 0. The molecule has 0 bridgehead atoms. The number of rotatable bonds is 8. The highest BCUT2D eigenvalue weighted by molar-refractivity contribution is 7.89. The first-order chi connectivity index (χ1) is 11.3. The van der Waals surface area contributed by atoms with Crippen LogP contribution in [0.25, 0.3) is 0 Å². The summed E-state index contributed by atoms with van der Waals surface area (Å²) in [5.41, 5.74) is 12.1. The number of guanidine groups is 1. The molecule has 1 aromatic rings. The second-order valence-corrected chi connectivity index (χ2v) is 6.45. The summed E-state index contributed by atoms with van der Waals surface area (Å²) in [6, 6.07) is 5.84. The molecule has 1 rings (SSSR count). The van der Waals surface area contributed by atoms with Crippen LogP contribution in [-0.2, 0) is 14.8 Å². The summed E-state index contributed by atoms with van der Waals surface area (Å²) in [4.78, 5) is 15.2. The molecule has 0 fully saturated rings. The number of hydroxylamine groups is 1. The molecule has 1 amide bonds. The normalized spacial score (nSPS) is 12.0. The van der Waals surface area contributed by atoms with Gasteiger partial charge >= 0.3 is 0 Å². The monoisotopic (exact) mass is 354 g/mol. The van der Waals surface area contributed by atoms with E-state index in [1.807, 2.05) is 6.07 Å². The quantitative estimate of drug-likeness (QED) is 0.127. The van der Waals surface area contributed by atoms with Crippen molar-refractivity contribution in [2.24, 2.45) is 16.5 Å². The first-order valence-corrected chi connectivity index (χ1v) is 8.30. The molecular formula is C13H18N6O4S. The fourth-order valence-electron chi connectivity index (χ4n) is 1.79. The third-order valence-corrected chi connectivity index (χ3v) is 4.45. The molecule has 10 nitrogen and oxygen atoms in total. The van der Waals surface area contributed by atoms with Crippen LogP contribution in [0, 0.1) is 11.3 Å². The number of carbonyl (C=O) groups is 1. The summed E-state index contributed by atoms with van der Waals surface area (Å²) in [7, 11) is -4.01. The number of aliphatic imine (C=N–C) groups is 1. The molecule has 0 spiro atoms. The third kappa shape index (κ3) is 5.84. The predicted molar refractivity (Wildman–Crippen MR) is 85.1 cm³/mol. The standard InChI is InChI=1S/C13H18N6O4S/c14-8-9-3-5-10(6-4-9)24(22,23)19-11(12(20)18-21)2-1-7-17-13(15)16/h3-6,11,19,21H,1-2,7H2,(H,18,20)(H4,15,16,17). The van der Waals surface area contributed by atoms with Crippen molar-refractivity contribution in [1.82, 2.24) is 10.2 Å². The molecule has 0 aliphatic heterocycles. The smallest absolute Gasteiger partial charge is 0.261 e. The van der Waals surface area contributed by atoms with E-state index in [1.165, 1.54) is 29.7 Å². The minimum Gasteiger partial charge on any atom is -0.370 e. The number of hydrogen-bond acceptors (Lipinski definition) is 6. The van der Waals surface area contributed by atoms with Crippen molar-refractivity contribution in [1.29, 1.82) is 5.26 Å². The molecule has 7 N–H and O–H groups in total. The van der Waals surface area contributed by atoms with Crippen molar-refractivity contribution < 1.29 is 18.4 Å². The Hall–Kier alpha value is -2.68. The molecule has 1 unspecified atom stereocenters. The summed E-state index contributed by atoms with van der Waals surface area (Å²) in [5, 5.41) is 17.5. The zero-order valence-electron chi connectivity index (χ0n) is 12.6. The lowest BCUT2D eigenvalue weighted by Crippen LogP contribution is -2.45. The van der Waals surface area contributed by atoms with E-state index in [1.54, 1.807) is 0 Å². The van der Waals surface area contributed by atoms with Gasteiger partial charge in [0, 0.05) is 6.54 Å². The van der Waals surface area contributed by atoms with E-state index in [9.17, 15) is 13.2 Å². The van der Waals surface area contributed by atoms with Crippen LogP contribution < -0.4 is 21.7 Å². The van der Waals surface area contributed by atoms with E-state index in [4.69, 9.17) is 21.9 Å². The molecule has 1 atom stereocenters. The van der Waals surface area contributed by atoms with Gasteiger partial charge in [-0.3, -0.25) is 15.0 Å². The van der Waals surface area contributed by atoms with Gasteiger partial charge in [0.2, 0.25) is 10.0 Å². The number of hydrogen-bond donors (Lipinski definition) is 5. The fraction of sp³-hybridized carbons (Fsp3) is 0.308. The van der Waals surface area contributed by atoms with Crippen molar-refractivity contribution in [3.05, 3.63) is 29.8 Å². The van der Waals surface area contributed by atoms with E-state index in [0.29, 0.717) is 12.0 Å². The number of sulfonamides is 1. The van der Waals surface area contributed by atoms with Gasteiger partial charge in [-0.15, -0.1) is 0 Å². The molecule has 0 saturated carbocycles. The molecule has 0 heterocycles. The van der Waals surface area contributed by atoms with Crippen LogP contribution >= 0.6 is 0 Å². The van der Waals surface area contributed by atoms with Crippen LogP contribution in [-0.4, -0.2) is 38.1 Å². The van der Waals surface area contributed by atoms with Gasteiger partial charge in [0.15, 0.2) is 5.96 Å². The lowest BCUT2D eigenvalue weighted by atomic mass is 10.1. The van der Waals surface area contributed by atoms with E-state index >= 15 is 0 Å². The number of nitrogens with one attached hydrogen (secondary N) is 2. The minimum absolute atomic E-state index is 0.0681. The number of nitriles is 1. The van der Waals surface area contributed by atoms with E-state index in [-0.39, 0.29) is 23.8 Å². The first kappa shape index (κ1) is 19.4. The molecule has 11 heteroatoms. The molecule has 0 aromatic heterocycles. The largest absolute Gasteiger partial charge is 0.370 e. The number of benzene rings is 1. The van der Waals surface area contributed by atoms with Crippen molar-refractivity contribution in [3.8, 4) is 6.07 Å². The van der Waals surface area contributed by atoms with E-state index in [2.05, 4.69) is 9.71 Å². The van der Waals surface area contributed by atoms with Gasteiger partial charge < -0.3 is 11.5 Å². The Morgan fingerprint density at radius 1 is 1.33 bits per heavy atom. The third-order valence-electron chi connectivity index (χ3n) is 2.96. The zero-order chi connectivity index (χ0) is 18.2. The van der Waals surface area contributed by atoms with Gasteiger partial charge in [-0.1, -0.05) is 0 Å². The Morgan fingerprint density at radius 3 is 2.46 bits per heavy atom. The van der Waals surface area contributed by atoms with Gasteiger partial charge in [-0.05, 0) is 37.1 Å². The highest BCUT2D eigenvalue weighted by atomic mass is 32.2. The Morgan fingerprint density at radius 2 is 1.96 bits per heavy atom. The summed E-state index contributed by atoms with van der Waals surface area (Å²) in [6.07, 6.45) is 0.380. The maximum absolute atomic E-state index is 12.3. The summed E-state index contributed by atoms with van der Waals surface area (Å²) in [5.74, 6) is -1.02. The number of nitrogens with zero attached hydrogens (tertiary/aromatic N) is 2. The second kappa shape index (κ2) is 8.82. The minimum atomic E-state index is -4.01. The van der Waals surface area contributed by atoms with Crippen LogP contribution in [0.4, 0.5) is 0 Å². The average molecular weight is 354 g/mol. The Labute approximate surface area is 139 Å². The second-order valence-electron chi connectivity index (χ2n) is 4.73. The summed E-state index contributed by atoms with van der Waals surface area (Å²) < 4.78 is 26.8. The van der Waals surface area contributed by atoms with Gasteiger partial charge in [-0.2, -0.15) is 9.98 Å². The zero-order valence-corrected chi connectivity index (χ0v) is 13.5. The number of carbonyl (C=O) groups excluding carboxylic acids is 1. The van der Waals surface area contributed by atoms with Crippen LogP contribution in [0.2, 0.25) is 0 Å².